The van der Waals surface area contributed by atoms with Crippen LogP contribution in [0.3, 0.4) is 0 Å². The zero-order chi connectivity index (χ0) is 13.5. The second-order valence-electron chi connectivity index (χ2n) is 4.41. The van der Waals surface area contributed by atoms with Crippen LogP contribution in [0.1, 0.15) is 31.9 Å². The Morgan fingerprint density at radius 3 is 2.44 bits per heavy atom. The lowest BCUT2D eigenvalue weighted by Gasteiger charge is -2.18. The fourth-order valence-electron chi connectivity index (χ4n) is 1.62. The maximum Gasteiger partial charge on any atom is 0.161 e. The Balaban J connectivity index is 2.76. The smallest absolute Gasteiger partial charge is 0.161 e. The van der Waals surface area contributed by atoms with E-state index in [0.717, 1.165) is 17.7 Å². The number of rotatable bonds is 7. The lowest BCUT2D eigenvalue weighted by molar-refractivity contribution is 0.132. The van der Waals surface area contributed by atoms with Crippen molar-refractivity contribution in [3.05, 3.63) is 23.8 Å². The van der Waals surface area contributed by atoms with Crippen molar-refractivity contribution < 1.29 is 14.2 Å². The molecule has 0 spiro atoms. The number of benzene rings is 1. The van der Waals surface area contributed by atoms with Gasteiger partial charge in [-0.2, -0.15) is 0 Å². The molecule has 0 radical (unpaired) electrons. The molecule has 1 rings (SSSR count). The van der Waals surface area contributed by atoms with E-state index < -0.39 is 0 Å². The number of hydrogen-bond donors (Lipinski definition) is 1. The minimum absolute atomic E-state index is 0.0149. The summed E-state index contributed by atoms with van der Waals surface area (Å²) in [5.41, 5.74) is 6.87. The zero-order valence-electron chi connectivity index (χ0n) is 11.6. The van der Waals surface area contributed by atoms with E-state index in [0.29, 0.717) is 12.4 Å². The summed E-state index contributed by atoms with van der Waals surface area (Å²) in [6.07, 6.45) is 0.925. The van der Waals surface area contributed by atoms with Gasteiger partial charge in [0.2, 0.25) is 0 Å². The third-order valence-corrected chi connectivity index (χ3v) is 2.77. The molecule has 4 nitrogen and oxygen atoms in total. The summed E-state index contributed by atoms with van der Waals surface area (Å²) in [6, 6.07) is 5.77. The molecule has 0 bridgehead atoms. The molecule has 18 heavy (non-hydrogen) atoms. The maximum absolute atomic E-state index is 5.84. The van der Waals surface area contributed by atoms with Crippen molar-refractivity contribution in [2.45, 2.75) is 32.4 Å². The van der Waals surface area contributed by atoms with Gasteiger partial charge in [0.1, 0.15) is 0 Å². The van der Waals surface area contributed by atoms with E-state index >= 15 is 0 Å². The van der Waals surface area contributed by atoms with E-state index in [4.69, 9.17) is 19.9 Å². The second kappa shape index (κ2) is 7.24. The Morgan fingerprint density at radius 2 is 1.89 bits per heavy atom. The lowest BCUT2D eigenvalue weighted by Crippen LogP contribution is -2.15. The van der Waals surface area contributed by atoms with Crippen LogP contribution < -0.4 is 15.2 Å². The molecule has 0 aliphatic rings. The van der Waals surface area contributed by atoms with E-state index in [9.17, 15) is 0 Å². The van der Waals surface area contributed by atoms with Gasteiger partial charge in [-0.05, 0) is 31.5 Å². The van der Waals surface area contributed by atoms with Crippen LogP contribution in [0.15, 0.2) is 18.2 Å². The number of methoxy groups -OCH3 is 2. The average Bonchev–Trinajstić information content (AvgIpc) is 2.36. The highest BCUT2D eigenvalue weighted by Gasteiger charge is 2.11. The third kappa shape index (κ3) is 4.20. The van der Waals surface area contributed by atoms with Crippen molar-refractivity contribution in [1.82, 2.24) is 0 Å². The molecule has 0 saturated carbocycles. The van der Waals surface area contributed by atoms with Gasteiger partial charge in [0.25, 0.3) is 0 Å². The first-order valence-electron chi connectivity index (χ1n) is 6.17. The monoisotopic (exact) mass is 253 g/mol. The molecule has 0 aliphatic carbocycles. The van der Waals surface area contributed by atoms with Crippen molar-refractivity contribution in [2.75, 3.05) is 20.8 Å². The molecule has 1 aromatic carbocycles. The zero-order valence-corrected chi connectivity index (χ0v) is 11.6. The van der Waals surface area contributed by atoms with Gasteiger partial charge in [-0.1, -0.05) is 6.07 Å². The Labute approximate surface area is 109 Å². The molecule has 1 aromatic rings. The van der Waals surface area contributed by atoms with E-state index in [-0.39, 0.29) is 12.1 Å². The molecule has 0 aromatic heterocycles. The predicted molar refractivity (Wildman–Crippen MR) is 72.2 cm³/mol. The first-order chi connectivity index (χ1) is 8.58. The van der Waals surface area contributed by atoms with Crippen LogP contribution in [-0.2, 0) is 4.74 Å². The standard InChI is InChI=1S/C14H23NO3/c1-10(7-8-16-3)18-13-6-5-12(11(2)15)9-14(13)17-4/h5-6,9-11H,7-8,15H2,1-4H3/t10?,11-/m1/s1. The van der Waals surface area contributed by atoms with Gasteiger partial charge in [-0.3, -0.25) is 0 Å². The number of hydrogen-bond acceptors (Lipinski definition) is 4. The predicted octanol–water partition coefficient (Wildman–Crippen LogP) is 2.52. The Hall–Kier alpha value is -1.26. The van der Waals surface area contributed by atoms with Crippen LogP contribution in [0.25, 0.3) is 0 Å². The van der Waals surface area contributed by atoms with Crippen molar-refractivity contribution in [1.29, 1.82) is 0 Å². The highest BCUT2D eigenvalue weighted by molar-refractivity contribution is 5.43. The summed E-state index contributed by atoms with van der Waals surface area (Å²) in [5, 5.41) is 0. The van der Waals surface area contributed by atoms with E-state index in [1.807, 2.05) is 32.0 Å². The molecule has 4 heteroatoms. The summed E-state index contributed by atoms with van der Waals surface area (Å²) in [6.45, 7) is 4.63. The molecule has 2 atom stereocenters. The summed E-state index contributed by atoms with van der Waals surface area (Å²) in [4.78, 5) is 0. The molecule has 0 heterocycles. The second-order valence-corrected chi connectivity index (χ2v) is 4.41. The Kier molecular flexibility index (Phi) is 5.95. The van der Waals surface area contributed by atoms with Gasteiger partial charge in [0.05, 0.1) is 13.2 Å². The molecular weight excluding hydrogens is 230 g/mol. The summed E-state index contributed by atoms with van der Waals surface area (Å²) in [5.74, 6) is 1.46. The van der Waals surface area contributed by atoms with Crippen LogP contribution in [0.5, 0.6) is 11.5 Å². The number of nitrogens with two attached hydrogens (primary N) is 1. The lowest BCUT2D eigenvalue weighted by atomic mass is 10.1. The van der Waals surface area contributed by atoms with Crippen molar-refractivity contribution in [3.63, 3.8) is 0 Å². The molecule has 0 aliphatic heterocycles. The van der Waals surface area contributed by atoms with E-state index in [1.165, 1.54) is 0 Å². The van der Waals surface area contributed by atoms with Crippen LogP contribution in [-0.4, -0.2) is 26.9 Å². The quantitative estimate of drug-likeness (QED) is 0.811. The summed E-state index contributed by atoms with van der Waals surface area (Å²) >= 11 is 0. The third-order valence-electron chi connectivity index (χ3n) is 2.77. The minimum atomic E-state index is -0.0149. The first kappa shape index (κ1) is 14.8. The van der Waals surface area contributed by atoms with E-state index in [1.54, 1.807) is 14.2 Å². The Bertz CT molecular complexity index is 366. The van der Waals surface area contributed by atoms with Crippen LogP contribution in [0, 0.1) is 0 Å². The van der Waals surface area contributed by atoms with Gasteiger partial charge in [0.15, 0.2) is 11.5 Å². The highest BCUT2D eigenvalue weighted by Crippen LogP contribution is 2.30. The van der Waals surface area contributed by atoms with Crippen LogP contribution in [0.2, 0.25) is 0 Å². The fraction of sp³-hybridized carbons (Fsp3) is 0.571. The molecule has 0 amide bonds. The minimum Gasteiger partial charge on any atom is -0.493 e. The van der Waals surface area contributed by atoms with Crippen molar-refractivity contribution in [2.24, 2.45) is 5.73 Å². The van der Waals surface area contributed by atoms with E-state index in [2.05, 4.69) is 0 Å². The van der Waals surface area contributed by atoms with Gasteiger partial charge >= 0.3 is 0 Å². The van der Waals surface area contributed by atoms with Gasteiger partial charge in [-0.25, -0.2) is 0 Å². The molecule has 2 N–H and O–H groups in total. The normalized spacial score (nSPS) is 14.1. The van der Waals surface area contributed by atoms with Gasteiger partial charge in [0, 0.05) is 26.2 Å². The summed E-state index contributed by atoms with van der Waals surface area (Å²) in [7, 11) is 3.32. The maximum atomic E-state index is 5.84. The topological polar surface area (TPSA) is 53.7 Å². The number of ether oxygens (including phenoxy) is 3. The Morgan fingerprint density at radius 1 is 1.17 bits per heavy atom. The van der Waals surface area contributed by atoms with Crippen LogP contribution >= 0.6 is 0 Å². The molecule has 1 unspecified atom stereocenters. The molecule has 102 valence electrons. The van der Waals surface area contributed by atoms with Crippen molar-refractivity contribution >= 4 is 0 Å². The molecular formula is C14H23NO3. The highest BCUT2D eigenvalue weighted by atomic mass is 16.5. The first-order valence-corrected chi connectivity index (χ1v) is 6.17. The average molecular weight is 253 g/mol. The van der Waals surface area contributed by atoms with Gasteiger partial charge in [-0.15, -0.1) is 0 Å². The van der Waals surface area contributed by atoms with Crippen LogP contribution in [0.4, 0.5) is 0 Å². The SMILES string of the molecule is COCCC(C)Oc1ccc([C@@H](C)N)cc1OC. The molecule has 0 fully saturated rings. The summed E-state index contributed by atoms with van der Waals surface area (Å²) < 4.78 is 16.2. The van der Waals surface area contributed by atoms with Gasteiger partial charge < -0.3 is 19.9 Å². The fourth-order valence-corrected chi connectivity index (χ4v) is 1.62. The molecule has 0 saturated heterocycles. The largest absolute Gasteiger partial charge is 0.493 e. The van der Waals surface area contributed by atoms with Crippen molar-refractivity contribution in [3.8, 4) is 11.5 Å².